The Morgan fingerprint density at radius 3 is 3.00 bits per heavy atom. The Labute approximate surface area is 152 Å². The van der Waals surface area contributed by atoms with Gasteiger partial charge < -0.3 is 26.2 Å². The van der Waals surface area contributed by atoms with Crippen molar-refractivity contribution in [2.75, 3.05) is 23.8 Å². The molecule has 2 aliphatic heterocycles. The number of rotatable bonds is 6. The van der Waals surface area contributed by atoms with Crippen molar-refractivity contribution in [2.45, 2.75) is 37.8 Å². The van der Waals surface area contributed by atoms with Crippen molar-refractivity contribution in [3.63, 3.8) is 0 Å². The molecule has 26 heavy (non-hydrogen) atoms. The first-order valence-electron chi connectivity index (χ1n) is 8.97. The van der Waals surface area contributed by atoms with Crippen LogP contribution in [-0.2, 0) is 15.2 Å². The average molecular weight is 359 g/mol. The van der Waals surface area contributed by atoms with Crippen LogP contribution in [0.3, 0.4) is 0 Å². The lowest BCUT2D eigenvalue weighted by atomic mass is 9.82. The van der Waals surface area contributed by atoms with Gasteiger partial charge in [0.15, 0.2) is 5.60 Å². The molecule has 0 aromatic heterocycles. The van der Waals surface area contributed by atoms with Gasteiger partial charge in [0.1, 0.15) is 0 Å². The van der Waals surface area contributed by atoms with Crippen molar-refractivity contribution in [1.29, 1.82) is 0 Å². The summed E-state index contributed by atoms with van der Waals surface area (Å²) in [4.78, 5) is 24.7. The minimum Gasteiger partial charge on any atom is -0.396 e. The smallest absolute Gasteiger partial charge is 0.261 e. The molecule has 0 radical (unpaired) electrons. The van der Waals surface area contributed by atoms with E-state index >= 15 is 0 Å². The van der Waals surface area contributed by atoms with Crippen LogP contribution in [0, 0.1) is 5.92 Å². The largest absolute Gasteiger partial charge is 0.396 e. The first-order chi connectivity index (χ1) is 12.5. The van der Waals surface area contributed by atoms with Crippen molar-refractivity contribution in [1.82, 2.24) is 5.32 Å². The quantitative estimate of drug-likeness (QED) is 0.488. The minimum atomic E-state index is -1.71. The molecule has 7 nitrogen and oxygen atoms in total. The van der Waals surface area contributed by atoms with Gasteiger partial charge in [-0.3, -0.25) is 9.59 Å². The van der Waals surface area contributed by atoms with Crippen LogP contribution in [0.4, 0.5) is 11.4 Å². The third-order valence-electron chi connectivity index (χ3n) is 5.05. The van der Waals surface area contributed by atoms with E-state index in [1.807, 2.05) is 0 Å². The van der Waals surface area contributed by atoms with E-state index in [1.165, 1.54) is 0 Å². The fourth-order valence-electron chi connectivity index (χ4n) is 3.49. The van der Waals surface area contributed by atoms with E-state index in [2.05, 4.69) is 16.0 Å². The number of anilines is 2. The predicted molar refractivity (Wildman–Crippen MR) is 98.6 cm³/mol. The molecule has 140 valence electrons. The Morgan fingerprint density at radius 1 is 1.50 bits per heavy atom. The lowest BCUT2D eigenvalue weighted by Crippen LogP contribution is -2.40. The second-order valence-corrected chi connectivity index (χ2v) is 6.85. The second-order valence-electron chi connectivity index (χ2n) is 6.85. The standard InChI is InChI=1S/C19H25N3O4/c1-12(5-2-3-10-23)19(26)14-11-13(7-8-15(14)22-18(19)25)21-17(24)16-6-4-9-20-16/h2,5,7-8,11-12,16,20,23,26H,3-4,6,9-10H2,1H3,(H,21,24)(H,22,25)/b5-2+/t12-,16+,19+/m0/s1. The molecule has 0 bridgehead atoms. The Morgan fingerprint density at radius 2 is 2.31 bits per heavy atom. The molecule has 0 spiro atoms. The second kappa shape index (κ2) is 7.57. The number of aliphatic hydroxyl groups excluding tert-OH is 1. The number of fused-ring (bicyclic) bond motifs is 1. The summed E-state index contributed by atoms with van der Waals surface area (Å²) in [5, 5.41) is 28.7. The Bertz CT molecular complexity index is 727. The zero-order chi connectivity index (χ0) is 18.7. The van der Waals surface area contributed by atoms with E-state index in [0.29, 0.717) is 23.4 Å². The van der Waals surface area contributed by atoms with Gasteiger partial charge in [-0.15, -0.1) is 0 Å². The number of carbonyl (C=O) groups is 2. The molecular weight excluding hydrogens is 334 g/mol. The topological polar surface area (TPSA) is 111 Å². The number of amides is 2. The number of hydrogen-bond acceptors (Lipinski definition) is 5. The Kier molecular flexibility index (Phi) is 5.41. The van der Waals surface area contributed by atoms with Gasteiger partial charge >= 0.3 is 0 Å². The third kappa shape index (κ3) is 3.38. The van der Waals surface area contributed by atoms with E-state index in [4.69, 9.17) is 5.11 Å². The first kappa shape index (κ1) is 18.6. The molecule has 1 saturated heterocycles. The molecule has 2 amide bonds. The molecule has 2 heterocycles. The highest BCUT2D eigenvalue weighted by atomic mass is 16.3. The average Bonchev–Trinajstić information content (AvgIpc) is 3.24. The van der Waals surface area contributed by atoms with E-state index in [1.54, 1.807) is 37.3 Å². The molecule has 3 atom stereocenters. The summed E-state index contributed by atoms with van der Waals surface area (Å²) >= 11 is 0. The van der Waals surface area contributed by atoms with E-state index < -0.39 is 17.4 Å². The van der Waals surface area contributed by atoms with Crippen LogP contribution >= 0.6 is 0 Å². The minimum absolute atomic E-state index is 0.00974. The predicted octanol–water partition coefficient (Wildman–Crippen LogP) is 1.09. The molecular formula is C19H25N3O4. The lowest BCUT2D eigenvalue weighted by Gasteiger charge is -2.26. The maximum Gasteiger partial charge on any atom is 0.261 e. The van der Waals surface area contributed by atoms with Crippen molar-refractivity contribution in [3.8, 4) is 0 Å². The summed E-state index contributed by atoms with van der Waals surface area (Å²) in [6, 6.07) is 4.84. The summed E-state index contributed by atoms with van der Waals surface area (Å²) in [7, 11) is 0. The van der Waals surface area contributed by atoms with E-state index in [9.17, 15) is 14.7 Å². The number of benzene rings is 1. The summed E-state index contributed by atoms with van der Waals surface area (Å²) in [6.07, 6.45) is 5.69. The lowest BCUT2D eigenvalue weighted by molar-refractivity contribution is -0.137. The maximum atomic E-state index is 12.4. The normalized spacial score (nSPS) is 26.0. The highest BCUT2D eigenvalue weighted by Gasteiger charge is 2.48. The van der Waals surface area contributed by atoms with Gasteiger partial charge in [0, 0.05) is 29.5 Å². The number of hydrogen-bond donors (Lipinski definition) is 5. The highest BCUT2D eigenvalue weighted by molar-refractivity contribution is 6.06. The van der Waals surface area contributed by atoms with Crippen molar-refractivity contribution >= 4 is 23.2 Å². The maximum absolute atomic E-state index is 12.4. The third-order valence-corrected chi connectivity index (χ3v) is 5.05. The Balaban J connectivity index is 1.83. The zero-order valence-corrected chi connectivity index (χ0v) is 14.8. The SMILES string of the molecule is C[C@@H](/C=C/CCO)[C@]1(O)C(=O)Nc2ccc(NC(=O)[C@H]3CCCN3)cc21. The summed E-state index contributed by atoms with van der Waals surface area (Å²) < 4.78 is 0. The summed E-state index contributed by atoms with van der Waals surface area (Å²) in [5.41, 5.74) is -0.185. The fourth-order valence-corrected chi connectivity index (χ4v) is 3.49. The number of nitrogens with one attached hydrogen (secondary N) is 3. The van der Waals surface area contributed by atoms with Crippen molar-refractivity contribution in [2.24, 2.45) is 5.92 Å². The fraction of sp³-hybridized carbons (Fsp3) is 0.474. The van der Waals surface area contributed by atoms with Gasteiger partial charge in [-0.05, 0) is 44.0 Å². The molecule has 0 unspecified atom stereocenters. The van der Waals surface area contributed by atoms with Crippen molar-refractivity contribution < 1.29 is 19.8 Å². The molecule has 0 aliphatic carbocycles. The van der Waals surface area contributed by atoms with E-state index in [-0.39, 0.29) is 18.6 Å². The molecule has 1 aromatic rings. The van der Waals surface area contributed by atoms with Gasteiger partial charge in [0.2, 0.25) is 5.91 Å². The molecule has 3 rings (SSSR count). The molecule has 2 aliphatic rings. The molecule has 1 fully saturated rings. The number of carbonyl (C=O) groups excluding carboxylic acids is 2. The van der Waals surface area contributed by atoms with Gasteiger partial charge in [-0.25, -0.2) is 0 Å². The van der Waals surface area contributed by atoms with Crippen LogP contribution in [-0.4, -0.2) is 41.2 Å². The molecule has 7 heteroatoms. The van der Waals surface area contributed by atoms with Crippen LogP contribution < -0.4 is 16.0 Å². The monoisotopic (exact) mass is 359 g/mol. The molecule has 5 N–H and O–H groups in total. The van der Waals surface area contributed by atoms with Crippen LogP contribution in [0.25, 0.3) is 0 Å². The van der Waals surface area contributed by atoms with E-state index in [0.717, 1.165) is 19.4 Å². The Hall–Kier alpha value is -2.22. The van der Waals surface area contributed by atoms with Gasteiger partial charge in [-0.1, -0.05) is 19.1 Å². The van der Waals surface area contributed by atoms with Crippen LogP contribution in [0.2, 0.25) is 0 Å². The van der Waals surface area contributed by atoms with Gasteiger partial charge in [0.05, 0.1) is 6.04 Å². The first-order valence-corrected chi connectivity index (χ1v) is 8.97. The zero-order valence-electron chi connectivity index (χ0n) is 14.8. The number of aliphatic hydroxyl groups is 2. The molecule has 0 saturated carbocycles. The van der Waals surface area contributed by atoms with Crippen LogP contribution in [0.1, 0.15) is 31.7 Å². The highest BCUT2D eigenvalue weighted by Crippen LogP contribution is 2.42. The summed E-state index contributed by atoms with van der Waals surface area (Å²) in [5.74, 6) is -1.09. The molecule has 1 aromatic carbocycles. The van der Waals surface area contributed by atoms with Crippen LogP contribution in [0.15, 0.2) is 30.4 Å². The van der Waals surface area contributed by atoms with Gasteiger partial charge in [-0.2, -0.15) is 0 Å². The summed E-state index contributed by atoms with van der Waals surface area (Å²) in [6.45, 7) is 2.59. The van der Waals surface area contributed by atoms with Gasteiger partial charge in [0.25, 0.3) is 5.91 Å². The van der Waals surface area contributed by atoms with Crippen LogP contribution in [0.5, 0.6) is 0 Å². The van der Waals surface area contributed by atoms with Crippen molar-refractivity contribution in [3.05, 3.63) is 35.9 Å².